The van der Waals surface area contributed by atoms with Gasteiger partial charge in [-0.1, -0.05) is 15.9 Å². The first-order valence-electron chi connectivity index (χ1n) is 3.87. The second-order valence-electron chi connectivity index (χ2n) is 3.05. The number of aryl methyl sites for hydroxylation is 1. The number of fused-ring (bicyclic) bond motifs is 1. The summed E-state index contributed by atoms with van der Waals surface area (Å²) >= 11 is 3.41. The summed E-state index contributed by atoms with van der Waals surface area (Å²) in [5.41, 5.74) is 8.21. The minimum atomic E-state index is 0.0492. The Morgan fingerprint density at radius 1 is 1.58 bits per heavy atom. The molecule has 1 aromatic rings. The van der Waals surface area contributed by atoms with Crippen molar-refractivity contribution in [3.8, 4) is 5.75 Å². The molecule has 64 valence electrons. The van der Waals surface area contributed by atoms with E-state index < -0.39 is 0 Å². The van der Waals surface area contributed by atoms with Gasteiger partial charge in [0.05, 0.1) is 6.04 Å². The highest BCUT2D eigenvalue weighted by atomic mass is 79.9. The van der Waals surface area contributed by atoms with Crippen molar-refractivity contribution < 1.29 is 4.74 Å². The van der Waals surface area contributed by atoms with E-state index in [4.69, 9.17) is 10.5 Å². The molecule has 2 rings (SSSR count). The van der Waals surface area contributed by atoms with Gasteiger partial charge in [-0.25, -0.2) is 0 Å². The SMILES string of the molecule is Cc1cc(Br)cc2c1C(N)CO2. The summed E-state index contributed by atoms with van der Waals surface area (Å²) < 4.78 is 6.47. The van der Waals surface area contributed by atoms with E-state index in [9.17, 15) is 0 Å². The second kappa shape index (κ2) is 2.75. The number of hydrogen-bond acceptors (Lipinski definition) is 2. The van der Waals surface area contributed by atoms with Gasteiger partial charge in [-0.15, -0.1) is 0 Å². The first-order valence-corrected chi connectivity index (χ1v) is 4.66. The largest absolute Gasteiger partial charge is 0.491 e. The lowest BCUT2D eigenvalue weighted by molar-refractivity contribution is 0.333. The predicted octanol–water partition coefficient (Wildman–Crippen LogP) is 2.15. The van der Waals surface area contributed by atoms with E-state index in [1.165, 1.54) is 5.56 Å². The summed E-state index contributed by atoms with van der Waals surface area (Å²) in [7, 11) is 0. The molecule has 0 radical (unpaired) electrons. The van der Waals surface area contributed by atoms with Crippen LogP contribution in [0, 0.1) is 6.92 Å². The maximum absolute atomic E-state index is 5.86. The molecule has 1 heterocycles. The second-order valence-corrected chi connectivity index (χ2v) is 3.97. The fourth-order valence-corrected chi connectivity index (χ4v) is 2.13. The number of hydrogen-bond donors (Lipinski definition) is 1. The van der Waals surface area contributed by atoms with Crippen LogP contribution in [0.5, 0.6) is 5.75 Å². The lowest BCUT2D eigenvalue weighted by atomic mass is 10.0. The van der Waals surface area contributed by atoms with Crippen LogP contribution < -0.4 is 10.5 Å². The van der Waals surface area contributed by atoms with Crippen LogP contribution >= 0.6 is 15.9 Å². The summed E-state index contributed by atoms with van der Waals surface area (Å²) in [5.74, 6) is 0.925. The van der Waals surface area contributed by atoms with E-state index in [1.807, 2.05) is 6.07 Å². The summed E-state index contributed by atoms with van der Waals surface area (Å²) in [6.45, 7) is 2.66. The van der Waals surface area contributed by atoms with Crippen molar-refractivity contribution in [3.05, 3.63) is 27.7 Å². The average Bonchev–Trinajstić information content (AvgIpc) is 2.31. The fraction of sp³-hybridized carbons (Fsp3) is 0.333. The summed E-state index contributed by atoms with van der Waals surface area (Å²) in [5, 5.41) is 0. The van der Waals surface area contributed by atoms with Crippen molar-refractivity contribution in [3.63, 3.8) is 0 Å². The van der Waals surface area contributed by atoms with Gasteiger partial charge in [0, 0.05) is 10.0 Å². The Bertz CT molecular complexity index is 325. The molecule has 1 aliphatic rings. The Balaban J connectivity index is 2.60. The predicted molar refractivity (Wildman–Crippen MR) is 51.3 cm³/mol. The molecule has 0 spiro atoms. The lowest BCUT2D eigenvalue weighted by Crippen LogP contribution is -2.11. The zero-order valence-electron chi connectivity index (χ0n) is 6.80. The third-order valence-electron chi connectivity index (χ3n) is 2.10. The zero-order valence-corrected chi connectivity index (χ0v) is 8.39. The van der Waals surface area contributed by atoms with Crippen LogP contribution in [0.3, 0.4) is 0 Å². The maximum atomic E-state index is 5.86. The Labute approximate surface area is 79.8 Å². The third kappa shape index (κ3) is 1.13. The van der Waals surface area contributed by atoms with Gasteiger partial charge in [-0.05, 0) is 24.6 Å². The maximum Gasteiger partial charge on any atom is 0.125 e. The van der Waals surface area contributed by atoms with E-state index >= 15 is 0 Å². The van der Waals surface area contributed by atoms with Crippen molar-refractivity contribution in [2.75, 3.05) is 6.61 Å². The third-order valence-corrected chi connectivity index (χ3v) is 2.56. The topological polar surface area (TPSA) is 35.2 Å². The van der Waals surface area contributed by atoms with Crippen LogP contribution in [0.1, 0.15) is 17.2 Å². The van der Waals surface area contributed by atoms with Crippen LogP contribution in [0.15, 0.2) is 16.6 Å². The van der Waals surface area contributed by atoms with E-state index in [1.54, 1.807) is 0 Å². The average molecular weight is 228 g/mol. The first-order chi connectivity index (χ1) is 5.68. The van der Waals surface area contributed by atoms with Gasteiger partial charge in [-0.3, -0.25) is 0 Å². The van der Waals surface area contributed by atoms with Gasteiger partial charge < -0.3 is 10.5 Å². The lowest BCUT2D eigenvalue weighted by Gasteiger charge is -2.05. The number of nitrogens with two attached hydrogens (primary N) is 1. The molecule has 0 bridgehead atoms. The molecular weight excluding hydrogens is 218 g/mol. The Morgan fingerprint density at radius 3 is 3.08 bits per heavy atom. The standard InChI is InChI=1S/C9H10BrNO/c1-5-2-6(10)3-8-9(5)7(11)4-12-8/h2-3,7H,4,11H2,1H3. The van der Waals surface area contributed by atoms with Crippen molar-refractivity contribution >= 4 is 15.9 Å². The van der Waals surface area contributed by atoms with Crippen molar-refractivity contribution in [2.24, 2.45) is 5.73 Å². The van der Waals surface area contributed by atoms with E-state index in [-0.39, 0.29) is 6.04 Å². The summed E-state index contributed by atoms with van der Waals surface area (Å²) in [6.07, 6.45) is 0. The molecule has 0 saturated carbocycles. The highest BCUT2D eigenvalue weighted by molar-refractivity contribution is 9.10. The van der Waals surface area contributed by atoms with E-state index in [2.05, 4.69) is 28.9 Å². The van der Waals surface area contributed by atoms with Crippen molar-refractivity contribution in [2.45, 2.75) is 13.0 Å². The Hall–Kier alpha value is -0.540. The zero-order chi connectivity index (χ0) is 8.72. The smallest absolute Gasteiger partial charge is 0.125 e. The molecule has 12 heavy (non-hydrogen) atoms. The van der Waals surface area contributed by atoms with Gasteiger partial charge in [0.1, 0.15) is 12.4 Å². The minimum absolute atomic E-state index is 0.0492. The molecule has 2 nitrogen and oxygen atoms in total. The molecule has 2 N–H and O–H groups in total. The summed E-state index contributed by atoms with van der Waals surface area (Å²) in [6, 6.07) is 4.08. The molecule has 1 aromatic carbocycles. The van der Waals surface area contributed by atoms with Gasteiger partial charge in [0.2, 0.25) is 0 Å². The molecule has 0 saturated heterocycles. The number of rotatable bonds is 0. The van der Waals surface area contributed by atoms with Crippen LogP contribution in [-0.4, -0.2) is 6.61 Å². The van der Waals surface area contributed by atoms with E-state index in [0.717, 1.165) is 15.8 Å². The van der Waals surface area contributed by atoms with E-state index in [0.29, 0.717) is 6.61 Å². The van der Waals surface area contributed by atoms with Crippen molar-refractivity contribution in [1.29, 1.82) is 0 Å². The number of benzene rings is 1. The van der Waals surface area contributed by atoms with Crippen LogP contribution in [0.4, 0.5) is 0 Å². The molecular formula is C9H10BrNO. The number of halogens is 1. The minimum Gasteiger partial charge on any atom is -0.491 e. The van der Waals surface area contributed by atoms with Crippen LogP contribution in [0.25, 0.3) is 0 Å². The molecule has 0 aromatic heterocycles. The molecule has 1 atom stereocenters. The molecule has 0 fully saturated rings. The molecule has 3 heteroatoms. The monoisotopic (exact) mass is 227 g/mol. The quantitative estimate of drug-likeness (QED) is 0.738. The fourth-order valence-electron chi connectivity index (χ4n) is 1.58. The Morgan fingerprint density at radius 2 is 2.33 bits per heavy atom. The highest BCUT2D eigenvalue weighted by Crippen LogP contribution is 2.35. The molecule has 0 amide bonds. The molecule has 1 aliphatic heterocycles. The van der Waals surface area contributed by atoms with Gasteiger partial charge in [0.15, 0.2) is 0 Å². The molecule has 1 unspecified atom stereocenters. The van der Waals surface area contributed by atoms with Crippen LogP contribution in [0.2, 0.25) is 0 Å². The first kappa shape index (κ1) is 8.08. The normalized spacial score (nSPS) is 20.4. The summed E-state index contributed by atoms with van der Waals surface area (Å²) in [4.78, 5) is 0. The Kier molecular flexibility index (Phi) is 1.85. The van der Waals surface area contributed by atoms with Crippen LogP contribution in [-0.2, 0) is 0 Å². The number of ether oxygens (including phenoxy) is 1. The van der Waals surface area contributed by atoms with Gasteiger partial charge in [-0.2, -0.15) is 0 Å². The highest BCUT2D eigenvalue weighted by Gasteiger charge is 2.22. The molecule has 0 aliphatic carbocycles. The van der Waals surface area contributed by atoms with Gasteiger partial charge in [0.25, 0.3) is 0 Å². The van der Waals surface area contributed by atoms with Crippen molar-refractivity contribution in [1.82, 2.24) is 0 Å². The van der Waals surface area contributed by atoms with Gasteiger partial charge >= 0.3 is 0 Å².